The van der Waals surface area contributed by atoms with E-state index in [1.54, 1.807) is 12.3 Å². The predicted molar refractivity (Wildman–Crippen MR) is 109 cm³/mol. The summed E-state index contributed by atoms with van der Waals surface area (Å²) < 4.78 is 0. The highest BCUT2D eigenvalue weighted by atomic mass is 35.5. The number of para-hydroxylation sites is 1. The summed E-state index contributed by atoms with van der Waals surface area (Å²) in [7, 11) is 0. The molecule has 1 amide bonds. The molecule has 1 aromatic carbocycles. The number of carbonyl (C=O) groups is 1. The van der Waals surface area contributed by atoms with Crippen molar-refractivity contribution < 1.29 is 4.79 Å². The van der Waals surface area contributed by atoms with Gasteiger partial charge in [-0.25, -0.2) is 4.98 Å². The SMILES string of the molecule is CCNC(=NCC1CC(=O)Nc2ccccc21)NCCc1ccc(Cl)nc1. The van der Waals surface area contributed by atoms with Crippen molar-refractivity contribution in [2.24, 2.45) is 4.99 Å². The number of nitrogens with zero attached hydrogens (tertiary/aromatic N) is 2. The van der Waals surface area contributed by atoms with Crippen LogP contribution in [0.3, 0.4) is 0 Å². The summed E-state index contributed by atoms with van der Waals surface area (Å²) >= 11 is 5.81. The van der Waals surface area contributed by atoms with Gasteiger partial charge in [-0.3, -0.25) is 9.79 Å². The molecule has 0 radical (unpaired) electrons. The Kier molecular flexibility index (Phi) is 6.65. The van der Waals surface area contributed by atoms with Crippen LogP contribution in [0.4, 0.5) is 5.69 Å². The third kappa shape index (κ3) is 5.44. The Morgan fingerprint density at radius 1 is 1.30 bits per heavy atom. The number of aliphatic imine (C=N–C) groups is 1. The minimum Gasteiger partial charge on any atom is -0.357 e. The molecule has 1 atom stereocenters. The highest BCUT2D eigenvalue weighted by Gasteiger charge is 2.24. The first-order valence-electron chi connectivity index (χ1n) is 9.17. The summed E-state index contributed by atoms with van der Waals surface area (Å²) in [6.45, 7) is 4.10. The van der Waals surface area contributed by atoms with Crippen molar-refractivity contribution in [2.75, 3.05) is 25.0 Å². The lowest BCUT2D eigenvalue weighted by Crippen LogP contribution is -2.38. The molecule has 3 rings (SSSR count). The maximum Gasteiger partial charge on any atom is 0.225 e. The first-order chi connectivity index (χ1) is 13.2. The standard InChI is InChI=1S/C20H24ClN5O/c1-2-22-20(23-10-9-14-7-8-18(21)24-12-14)25-13-15-11-19(27)26-17-6-4-3-5-16(15)17/h3-8,12,15H,2,9-11,13H2,1H3,(H,26,27)(H2,22,23,25). The maximum absolute atomic E-state index is 12.0. The third-order valence-electron chi connectivity index (χ3n) is 4.42. The van der Waals surface area contributed by atoms with Crippen LogP contribution in [-0.4, -0.2) is 36.5 Å². The molecule has 1 aliphatic rings. The van der Waals surface area contributed by atoms with E-state index in [0.29, 0.717) is 18.1 Å². The van der Waals surface area contributed by atoms with Crippen LogP contribution in [0.2, 0.25) is 5.15 Å². The minimum atomic E-state index is 0.0436. The average molecular weight is 386 g/mol. The van der Waals surface area contributed by atoms with Crippen LogP contribution in [0, 0.1) is 0 Å². The molecule has 1 aliphatic heterocycles. The molecule has 7 heteroatoms. The summed E-state index contributed by atoms with van der Waals surface area (Å²) in [4.78, 5) is 20.7. The zero-order chi connectivity index (χ0) is 19.1. The van der Waals surface area contributed by atoms with Gasteiger partial charge in [0.2, 0.25) is 5.91 Å². The molecule has 1 aromatic heterocycles. The van der Waals surface area contributed by atoms with Crippen LogP contribution in [0.25, 0.3) is 0 Å². The van der Waals surface area contributed by atoms with Gasteiger partial charge >= 0.3 is 0 Å². The molecule has 6 nitrogen and oxygen atoms in total. The molecule has 0 spiro atoms. The number of hydrogen-bond acceptors (Lipinski definition) is 3. The van der Waals surface area contributed by atoms with Gasteiger partial charge in [-0.2, -0.15) is 0 Å². The van der Waals surface area contributed by atoms with Crippen molar-refractivity contribution >= 4 is 29.2 Å². The van der Waals surface area contributed by atoms with Crippen LogP contribution in [0.15, 0.2) is 47.6 Å². The van der Waals surface area contributed by atoms with E-state index in [1.807, 2.05) is 31.2 Å². The Labute approximate surface area is 164 Å². The molecule has 0 saturated heterocycles. The summed E-state index contributed by atoms with van der Waals surface area (Å²) in [5.41, 5.74) is 3.15. The summed E-state index contributed by atoms with van der Waals surface area (Å²) in [6.07, 6.45) is 3.06. The Hall–Kier alpha value is -2.60. The smallest absolute Gasteiger partial charge is 0.225 e. The van der Waals surface area contributed by atoms with Gasteiger partial charge in [0, 0.05) is 37.3 Å². The lowest BCUT2D eigenvalue weighted by Gasteiger charge is -2.24. The van der Waals surface area contributed by atoms with Gasteiger partial charge in [-0.15, -0.1) is 0 Å². The second-order valence-electron chi connectivity index (χ2n) is 6.42. The second-order valence-corrected chi connectivity index (χ2v) is 6.81. The van der Waals surface area contributed by atoms with E-state index in [-0.39, 0.29) is 11.8 Å². The Morgan fingerprint density at radius 2 is 2.15 bits per heavy atom. The van der Waals surface area contributed by atoms with E-state index in [2.05, 4.69) is 27.0 Å². The number of fused-ring (bicyclic) bond motifs is 1. The Bertz CT molecular complexity index is 806. The quantitative estimate of drug-likeness (QED) is 0.406. The van der Waals surface area contributed by atoms with Gasteiger partial charge in [-0.1, -0.05) is 35.9 Å². The number of anilines is 1. The van der Waals surface area contributed by atoms with E-state index in [9.17, 15) is 4.79 Å². The molecular weight excluding hydrogens is 362 g/mol. The third-order valence-corrected chi connectivity index (χ3v) is 4.64. The number of guanidine groups is 1. The van der Waals surface area contributed by atoms with Crippen LogP contribution < -0.4 is 16.0 Å². The normalized spacial score (nSPS) is 16.4. The number of hydrogen-bond donors (Lipinski definition) is 3. The number of aromatic nitrogens is 1. The molecule has 0 fully saturated rings. The summed E-state index contributed by atoms with van der Waals surface area (Å²) in [5.74, 6) is 0.885. The fourth-order valence-corrected chi connectivity index (χ4v) is 3.20. The second kappa shape index (κ2) is 9.37. The lowest BCUT2D eigenvalue weighted by atomic mass is 9.91. The molecule has 2 heterocycles. The highest BCUT2D eigenvalue weighted by molar-refractivity contribution is 6.29. The first-order valence-corrected chi connectivity index (χ1v) is 9.55. The van der Waals surface area contributed by atoms with Crippen LogP contribution in [0.5, 0.6) is 0 Å². The van der Waals surface area contributed by atoms with Crippen LogP contribution in [0.1, 0.15) is 30.4 Å². The van der Waals surface area contributed by atoms with E-state index >= 15 is 0 Å². The number of rotatable bonds is 6. The average Bonchev–Trinajstić information content (AvgIpc) is 2.67. The Balaban J connectivity index is 1.60. The van der Waals surface area contributed by atoms with Gasteiger partial charge in [0.1, 0.15) is 5.15 Å². The van der Waals surface area contributed by atoms with E-state index < -0.39 is 0 Å². The molecule has 2 aromatic rings. The van der Waals surface area contributed by atoms with Crippen molar-refractivity contribution in [3.05, 3.63) is 58.9 Å². The largest absolute Gasteiger partial charge is 0.357 e. The fourth-order valence-electron chi connectivity index (χ4n) is 3.09. The van der Waals surface area contributed by atoms with Crippen LogP contribution in [-0.2, 0) is 11.2 Å². The van der Waals surface area contributed by atoms with Gasteiger partial charge < -0.3 is 16.0 Å². The van der Waals surface area contributed by atoms with Gasteiger partial charge in [0.15, 0.2) is 5.96 Å². The minimum absolute atomic E-state index is 0.0436. The molecule has 27 heavy (non-hydrogen) atoms. The van der Waals surface area contributed by atoms with Gasteiger partial charge in [0.05, 0.1) is 6.54 Å². The maximum atomic E-state index is 12.0. The number of benzene rings is 1. The van der Waals surface area contributed by atoms with Crippen molar-refractivity contribution in [1.82, 2.24) is 15.6 Å². The zero-order valence-electron chi connectivity index (χ0n) is 15.3. The fraction of sp³-hybridized carbons (Fsp3) is 0.350. The molecule has 1 unspecified atom stereocenters. The van der Waals surface area contributed by atoms with Crippen molar-refractivity contribution in [2.45, 2.75) is 25.7 Å². The van der Waals surface area contributed by atoms with Gasteiger partial charge in [-0.05, 0) is 36.6 Å². The molecule has 0 saturated carbocycles. The number of pyridine rings is 1. The zero-order valence-corrected chi connectivity index (χ0v) is 16.1. The molecule has 3 N–H and O–H groups in total. The van der Waals surface area contributed by atoms with E-state index in [4.69, 9.17) is 16.6 Å². The highest BCUT2D eigenvalue weighted by Crippen LogP contribution is 2.31. The van der Waals surface area contributed by atoms with Crippen molar-refractivity contribution in [1.29, 1.82) is 0 Å². The molecule has 0 bridgehead atoms. The summed E-state index contributed by atoms with van der Waals surface area (Å²) in [5, 5.41) is 10.0. The van der Waals surface area contributed by atoms with E-state index in [1.165, 1.54) is 0 Å². The van der Waals surface area contributed by atoms with Crippen LogP contribution >= 0.6 is 11.6 Å². The summed E-state index contributed by atoms with van der Waals surface area (Å²) in [6, 6.07) is 11.7. The van der Waals surface area contributed by atoms with Crippen molar-refractivity contribution in [3.8, 4) is 0 Å². The molecule has 142 valence electrons. The predicted octanol–water partition coefficient (Wildman–Crippen LogP) is 2.96. The number of halogens is 1. The lowest BCUT2D eigenvalue weighted by molar-refractivity contribution is -0.116. The monoisotopic (exact) mass is 385 g/mol. The van der Waals surface area contributed by atoms with Gasteiger partial charge in [0.25, 0.3) is 0 Å². The van der Waals surface area contributed by atoms with Crippen molar-refractivity contribution in [3.63, 3.8) is 0 Å². The Morgan fingerprint density at radius 3 is 2.93 bits per heavy atom. The number of carbonyl (C=O) groups excluding carboxylic acids is 1. The molecular formula is C20H24ClN5O. The topological polar surface area (TPSA) is 78.4 Å². The number of amides is 1. The van der Waals surface area contributed by atoms with E-state index in [0.717, 1.165) is 42.3 Å². The first kappa shape index (κ1) is 19.2. The number of nitrogens with one attached hydrogen (secondary N) is 3. The molecule has 0 aliphatic carbocycles.